The number of aromatic amines is 1. The van der Waals surface area contributed by atoms with Crippen molar-refractivity contribution in [2.75, 3.05) is 13.1 Å². The molecule has 0 radical (unpaired) electrons. The lowest BCUT2D eigenvalue weighted by atomic mass is 10.1. The van der Waals surface area contributed by atoms with Crippen LogP contribution < -0.4 is 0 Å². The predicted octanol–water partition coefficient (Wildman–Crippen LogP) is 1.81. The molecule has 100 valence electrons. The van der Waals surface area contributed by atoms with Crippen LogP contribution in [0.1, 0.15) is 24.3 Å². The molecule has 2 heterocycles. The third-order valence-electron chi connectivity index (χ3n) is 3.38. The van der Waals surface area contributed by atoms with E-state index in [9.17, 15) is 4.79 Å². The number of amides is 1. The van der Waals surface area contributed by atoms with Crippen LogP contribution in [0.25, 0.3) is 10.9 Å². The van der Waals surface area contributed by atoms with Gasteiger partial charge in [-0.2, -0.15) is 5.10 Å². The molecule has 0 spiro atoms. The summed E-state index contributed by atoms with van der Waals surface area (Å²) in [7, 11) is 0. The minimum Gasteiger partial charge on any atom is -0.372 e. The molecule has 0 saturated carbocycles. The molecule has 3 rings (SSSR count). The van der Waals surface area contributed by atoms with E-state index in [0.29, 0.717) is 18.8 Å². The van der Waals surface area contributed by atoms with E-state index in [4.69, 9.17) is 4.74 Å². The standard InChI is InChI=1S/C14H17N3O2/c1-9-7-17(8-10(2)19-9)14(18)13-11-5-3-4-6-12(11)15-16-13/h3-6,9-10H,7-8H2,1-2H3,(H,15,16). The lowest BCUT2D eigenvalue weighted by Gasteiger charge is -2.34. The normalized spacial score (nSPS) is 23.8. The van der Waals surface area contributed by atoms with Gasteiger partial charge in [0.05, 0.1) is 17.7 Å². The van der Waals surface area contributed by atoms with Gasteiger partial charge < -0.3 is 9.64 Å². The molecule has 1 aromatic carbocycles. The summed E-state index contributed by atoms with van der Waals surface area (Å²) in [6.45, 7) is 5.20. The molecule has 5 heteroatoms. The number of ether oxygens (including phenoxy) is 1. The van der Waals surface area contributed by atoms with E-state index >= 15 is 0 Å². The Kier molecular flexibility index (Phi) is 2.98. The number of H-pyrrole nitrogens is 1. The van der Waals surface area contributed by atoms with Gasteiger partial charge in [0.25, 0.3) is 5.91 Å². The lowest BCUT2D eigenvalue weighted by Crippen LogP contribution is -2.48. The van der Waals surface area contributed by atoms with Crippen LogP contribution in [0.3, 0.4) is 0 Å². The van der Waals surface area contributed by atoms with Crippen molar-refractivity contribution in [2.24, 2.45) is 0 Å². The highest BCUT2D eigenvalue weighted by molar-refractivity contribution is 6.04. The minimum atomic E-state index is -0.0283. The monoisotopic (exact) mass is 259 g/mol. The average Bonchev–Trinajstić information content (AvgIpc) is 2.80. The number of hydrogen-bond acceptors (Lipinski definition) is 3. The van der Waals surface area contributed by atoms with Crippen molar-refractivity contribution in [3.05, 3.63) is 30.0 Å². The molecule has 19 heavy (non-hydrogen) atoms. The maximum atomic E-state index is 12.6. The second kappa shape index (κ2) is 4.66. The zero-order chi connectivity index (χ0) is 13.4. The summed E-state index contributed by atoms with van der Waals surface area (Å²) >= 11 is 0. The number of carbonyl (C=O) groups excluding carboxylic acids is 1. The number of aromatic nitrogens is 2. The van der Waals surface area contributed by atoms with Crippen LogP contribution >= 0.6 is 0 Å². The number of carbonyl (C=O) groups is 1. The molecule has 1 N–H and O–H groups in total. The first-order valence-corrected chi connectivity index (χ1v) is 6.53. The molecule has 2 atom stereocenters. The molecule has 0 bridgehead atoms. The maximum Gasteiger partial charge on any atom is 0.275 e. The third kappa shape index (κ3) is 2.21. The Morgan fingerprint density at radius 1 is 1.32 bits per heavy atom. The van der Waals surface area contributed by atoms with E-state index in [2.05, 4.69) is 10.2 Å². The fourth-order valence-electron chi connectivity index (χ4n) is 2.62. The number of morpholine rings is 1. The van der Waals surface area contributed by atoms with Crippen molar-refractivity contribution < 1.29 is 9.53 Å². The molecule has 2 unspecified atom stereocenters. The zero-order valence-corrected chi connectivity index (χ0v) is 11.1. The predicted molar refractivity (Wildman–Crippen MR) is 72.0 cm³/mol. The highest BCUT2D eigenvalue weighted by atomic mass is 16.5. The summed E-state index contributed by atoms with van der Waals surface area (Å²) in [5, 5.41) is 7.94. The fraction of sp³-hybridized carbons (Fsp3) is 0.429. The summed E-state index contributed by atoms with van der Waals surface area (Å²) in [6, 6.07) is 7.68. The van der Waals surface area contributed by atoms with Gasteiger partial charge in [-0.25, -0.2) is 0 Å². The van der Waals surface area contributed by atoms with E-state index in [1.807, 2.05) is 43.0 Å². The van der Waals surface area contributed by atoms with E-state index in [0.717, 1.165) is 10.9 Å². The number of para-hydroxylation sites is 1. The Hall–Kier alpha value is -1.88. The number of nitrogens with one attached hydrogen (secondary N) is 1. The fourth-order valence-corrected chi connectivity index (χ4v) is 2.62. The number of rotatable bonds is 1. The van der Waals surface area contributed by atoms with Crippen LogP contribution in [-0.4, -0.2) is 46.3 Å². The van der Waals surface area contributed by atoms with Crippen LogP contribution in [0.2, 0.25) is 0 Å². The van der Waals surface area contributed by atoms with Crippen molar-refractivity contribution in [3.8, 4) is 0 Å². The second-order valence-corrected chi connectivity index (χ2v) is 5.09. The topological polar surface area (TPSA) is 58.2 Å². The third-order valence-corrected chi connectivity index (χ3v) is 3.38. The molecule has 0 aliphatic carbocycles. The number of fused-ring (bicyclic) bond motifs is 1. The van der Waals surface area contributed by atoms with E-state index in [-0.39, 0.29) is 18.1 Å². The van der Waals surface area contributed by atoms with Crippen molar-refractivity contribution in [2.45, 2.75) is 26.1 Å². The van der Waals surface area contributed by atoms with Gasteiger partial charge in [-0.15, -0.1) is 0 Å². The average molecular weight is 259 g/mol. The smallest absolute Gasteiger partial charge is 0.275 e. The molecule has 1 fully saturated rings. The van der Waals surface area contributed by atoms with Crippen molar-refractivity contribution in [3.63, 3.8) is 0 Å². The Morgan fingerprint density at radius 3 is 2.74 bits per heavy atom. The minimum absolute atomic E-state index is 0.0283. The van der Waals surface area contributed by atoms with E-state index < -0.39 is 0 Å². The van der Waals surface area contributed by atoms with Crippen molar-refractivity contribution >= 4 is 16.8 Å². The maximum absolute atomic E-state index is 12.6. The van der Waals surface area contributed by atoms with E-state index in [1.54, 1.807) is 0 Å². The summed E-state index contributed by atoms with van der Waals surface area (Å²) in [5.41, 5.74) is 1.39. The molecule has 1 saturated heterocycles. The highest BCUT2D eigenvalue weighted by Gasteiger charge is 2.28. The molecule has 1 aliphatic heterocycles. The van der Waals surface area contributed by atoms with Gasteiger partial charge in [0.2, 0.25) is 0 Å². The largest absolute Gasteiger partial charge is 0.372 e. The first-order chi connectivity index (χ1) is 9.15. The van der Waals surface area contributed by atoms with E-state index in [1.165, 1.54) is 0 Å². The number of benzene rings is 1. The Bertz CT molecular complexity index is 598. The Labute approximate surface area is 111 Å². The molecule has 5 nitrogen and oxygen atoms in total. The van der Waals surface area contributed by atoms with Gasteiger partial charge in [-0.3, -0.25) is 9.89 Å². The number of nitrogens with zero attached hydrogens (tertiary/aromatic N) is 2. The Balaban J connectivity index is 1.91. The quantitative estimate of drug-likeness (QED) is 0.849. The van der Waals surface area contributed by atoms with Gasteiger partial charge >= 0.3 is 0 Å². The zero-order valence-electron chi connectivity index (χ0n) is 11.1. The second-order valence-electron chi connectivity index (χ2n) is 5.09. The van der Waals surface area contributed by atoms with Crippen LogP contribution in [0, 0.1) is 0 Å². The summed E-state index contributed by atoms with van der Waals surface area (Å²) < 4.78 is 5.65. The first kappa shape index (κ1) is 12.2. The van der Waals surface area contributed by atoms with Crippen LogP contribution in [0.4, 0.5) is 0 Å². The van der Waals surface area contributed by atoms with Crippen LogP contribution in [0.15, 0.2) is 24.3 Å². The SMILES string of the molecule is CC1CN(C(=O)c2n[nH]c3ccccc23)CC(C)O1. The van der Waals surface area contributed by atoms with Gasteiger partial charge in [0.1, 0.15) is 0 Å². The van der Waals surface area contributed by atoms with Gasteiger partial charge in [0, 0.05) is 18.5 Å². The molecule has 2 aromatic rings. The molecule has 1 aromatic heterocycles. The van der Waals surface area contributed by atoms with Crippen molar-refractivity contribution in [1.29, 1.82) is 0 Å². The van der Waals surface area contributed by atoms with Gasteiger partial charge in [0.15, 0.2) is 5.69 Å². The summed E-state index contributed by atoms with van der Waals surface area (Å²) in [4.78, 5) is 14.4. The van der Waals surface area contributed by atoms with Crippen LogP contribution in [-0.2, 0) is 4.74 Å². The van der Waals surface area contributed by atoms with Gasteiger partial charge in [-0.05, 0) is 19.9 Å². The number of hydrogen-bond donors (Lipinski definition) is 1. The summed E-state index contributed by atoms with van der Waals surface area (Å²) in [6.07, 6.45) is 0.135. The molecular weight excluding hydrogens is 242 g/mol. The molecule has 1 amide bonds. The lowest BCUT2D eigenvalue weighted by molar-refractivity contribution is -0.0587. The molecular formula is C14H17N3O2. The Morgan fingerprint density at radius 2 is 2.00 bits per heavy atom. The van der Waals surface area contributed by atoms with Gasteiger partial charge in [-0.1, -0.05) is 18.2 Å². The van der Waals surface area contributed by atoms with Crippen LogP contribution in [0.5, 0.6) is 0 Å². The summed E-state index contributed by atoms with van der Waals surface area (Å²) in [5.74, 6) is -0.0283. The first-order valence-electron chi connectivity index (χ1n) is 6.53. The molecule has 1 aliphatic rings. The van der Waals surface area contributed by atoms with Crippen molar-refractivity contribution in [1.82, 2.24) is 15.1 Å². The highest BCUT2D eigenvalue weighted by Crippen LogP contribution is 2.19.